The van der Waals surface area contributed by atoms with Crippen molar-refractivity contribution in [3.05, 3.63) is 0 Å². The summed E-state index contributed by atoms with van der Waals surface area (Å²) in [6.45, 7) is 2.63. The highest BCUT2D eigenvalue weighted by Crippen LogP contribution is 2.32. The molecule has 0 aromatic rings. The van der Waals surface area contributed by atoms with E-state index in [9.17, 15) is 4.79 Å². The van der Waals surface area contributed by atoms with Crippen LogP contribution in [-0.4, -0.2) is 37.5 Å². The molecular weight excluding hydrogens is 152 g/mol. The number of hydrogen-bond donors (Lipinski definition) is 1. The fourth-order valence-corrected chi connectivity index (χ4v) is 1.17. The molecule has 0 bridgehead atoms. The summed E-state index contributed by atoms with van der Waals surface area (Å²) in [6, 6.07) is 0.508. The summed E-state index contributed by atoms with van der Waals surface area (Å²) >= 11 is 0. The SMILES string of the molecule is C[C@@H](NCC(=O)N(C)C)C1CC1. The molecule has 1 atom stereocenters. The van der Waals surface area contributed by atoms with Gasteiger partial charge in [-0.3, -0.25) is 4.79 Å². The molecule has 1 N–H and O–H groups in total. The number of amides is 1. The summed E-state index contributed by atoms with van der Waals surface area (Å²) in [7, 11) is 3.57. The average Bonchev–Trinajstić information content (AvgIpc) is 2.81. The Kier molecular flexibility index (Phi) is 3.09. The Morgan fingerprint density at radius 3 is 2.58 bits per heavy atom. The lowest BCUT2D eigenvalue weighted by molar-refractivity contribution is -0.127. The van der Waals surface area contributed by atoms with Crippen LogP contribution >= 0.6 is 0 Å². The van der Waals surface area contributed by atoms with Crippen LogP contribution in [-0.2, 0) is 4.79 Å². The zero-order chi connectivity index (χ0) is 9.14. The quantitative estimate of drug-likeness (QED) is 0.665. The molecule has 0 spiro atoms. The number of hydrogen-bond acceptors (Lipinski definition) is 2. The molecule has 1 rings (SSSR count). The van der Waals surface area contributed by atoms with E-state index < -0.39 is 0 Å². The molecule has 1 amide bonds. The van der Waals surface area contributed by atoms with E-state index in [2.05, 4.69) is 12.2 Å². The second-order valence-electron chi connectivity index (χ2n) is 3.80. The molecule has 0 radical (unpaired) electrons. The fraction of sp³-hybridized carbons (Fsp3) is 0.889. The first-order valence-electron chi connectivity index (χ1n) is 4.55. The number of rotatable bonds is 4. The van der Waals surface area contributed by atoms with Gasteiger partial charge < -0.3 is 10.2 Å². The molecule has 1 aliphatic carbocycles. The predicted octanol–water partition coefficient (Wildman–Crippen LogP) is 0.463. The van der Waals surface area contributed by atoms with Gasteiger partial charge in [0.25, 0.3) is 0 Å². The van der Waals surface area contributed by atoms with Crippen molar-refractivity contribution < 1.29 is 4.79 Å². The first-order chi connectivity index (χ1) is 5.61. The molecule has 0 aliphatic heterocycles. The number of carbonyl (C=O) groups is 1. The van der Waals surface area contributed by atoms with Gasteiger partial charge in [-0.1, -0.05) is 0 Å². The van der Waals surface area contributed by atoms with Crippen molar-refractivity contribution in [3.8, 4) is 0 Å². The van der Waals surface area contributed by atoms with E-state index >= 15 is 0 Å². The summed E-state index contributed by atoms with van der Waals surface area (Å²) in [5.41, 5.74) is 0. The Morgan fingerprint density at radius 2 is 2.17 bits per heavy atom. The smallest absolute Gasteiger partial charge is 0.236 e. The molecule has 0 aromatic heterocycles. The summed E-state index contributed by atoms with van der Waals surface area (Å²) < 4.78 is 0. The van der Waals surface area contributed by atoms with E-state index in [0.29, 0.717) is 12.6 Å². The first-order valence-corrected chi connectivity index (χ1v) is 4.55. The fourth-order valence-electron chi connectivity index (χ4n) is 1.17. The van der Waals surface area contributed by atoms with Gasteiger partial charge in [-0.15, -0.1) is 0 Å². The minimum atomic E-state index is 0.155. The van der Waals surface area contributed by atoms with Gasteiger partial charge in [0, 0.05) is 20.1 Å². The molecule has 0 saturated heterocycles. The number of carbonyl (C=O) groups excluding carboxylic acids is 1. The largest absolute Gasteiger partial charge is 0.348 e. The van der Waals surface area contributed by atoms with Crippen molar-refractivity contribution in [1.82, 2.24) is 10.2 Å². The normalized spacial score (nSPS) is 18.9. The molecule has 1 aliphatic rings. The summed E-state index contributed by atoms with van der Waals surface area (Å²) in [6.07, 6.45) is 2.65. The molecule has 1 saturated carbocycles. The van der Waals surface area contributed by atoms with Gasteiger partial charge in [0.15, 0.2) is 0 Å². The minimum Gasteiger partial charge on any atom is -0.348 e. The first kappa shape index (κ1) is 9.52. The second kappa shape index (κ2) is 3.90. The van der Waals surface area contributed by atoms with E-state index in [4.69, 9.17) is 0 Å². The van der Waals surface area contributed by atoms with E-state index in [-0.39, 0.29) is 5.91 Å². The van der Waals surface area contributed by atoms with Crippen LogP contribution in [0.15, 0.2) is 0 Å². The molecule has 3 heteroatoms. The monoisotopic (exact) mass is 170 g/mol. The van der Waals surface area contributed by atoms with Gasteiger partial charge >= 0.3 is 0 Å². The molecule has 3 nitrogen and oxygen atoms in total. The molecular formula is C9H18N2O. The van der Waals surface area contributed by atoms with Crippen LogP contribution in [0.3, 0.4) is 0 Å². The highest BCUT2D eigenvalue weighted by Gasteiger charge is 2.27. The van der Waals surface area contributed by atoms with Crippen molar-refractivity contribution in [2.24, 2.45) is 5.92 Å². The number of nitrogens with zero attached hydrogens (tertiary/aromatic N) is 1. The van der Waals surface area contributed by atoms with Crippen molar-refractivity contribution in [2.75, 3.05) is 20.6 Å². The standard InChI is InChI=1S/C9H18N2O/c1-7(8-4-5-8)10-6-9(12)11(2)3/h7-8,10H,4-6H2,1-3H3/t7-/m1/s1. The zero-order valence-electron chi connectivity index (χ0n) is 8.13. The summed E-state index contributed by atoms with van der Waals surface area (Å²) in [5.74, 6) is 0.975. The molecule has 12 heavy (non-hydrogen) atoms. The maximum absolute atomic E-state index is 11.2. The Bertz CT molecular complexity index is 164. The number of likely N-dealkylation sites (N-methyl/N-ethyl adjacent to an activating group) is 1. The second-order valence-corrected chi connectivity index (χ2v) is 3.80. The Hall–Kier alpha value is -0.570. The lowest BCUT2D eigenvalue weighted by atomic mass is 10.2. The molecule has 70 valence electrons. The maximum atomic E-state index is 11.2. The van der Waals surface area contributed by atoms with E-state index in [1.165, 1.54) is 12.8 Å². The molecule has 1 fully saturated rings. The minimum absolute atomic E-state index is 0.155. The summed E-state index contributed by atoms with van der Waals surface area (Å²) in [4.78, 5) is 12.8. The van der Waals surface area contributed by atoms with E-state index in [0.717, 1.165) is 5.92 Å². The van der Waals surface area contributed by atoms with Gasteiger partial charge in [0.05, 0.1) is 6.54 Å². The lowest BCUT2D eigenvalue weighted by Gasteiger charge is -2.15. The van der Waals surface area contributed by atoms with Crippen molar-refractivity contribution in [1.29, 1.82) is 0 Å². The zero-order valence-corrected chi connectivity index (χ0v) is 8.13. The molecule has 0 aromatic carbocycles. The van der Waals surface area contributed by atoms with Gasteiger partial charge in [0.1, 0.15) is 0 Å². The van der Waals surface area contributed by atoms with Gasteiger partial charge in [-0.05, 0) is 25.7 Å². The summed E-state index contributed by atoms with van der Waals surface area (Å²) in [5, 5.41) is 3.23. The van der Waals surface area contributed by atoms with Crippen LogP contribution < -0.4 is 5.32 Å². The van der Waals surface area contributed by atoms with Crippen molar-refractivity contribution >= 4 is 5.91 Å². The molecule has 0 heterocycles. The highest BCUT2D eigenvalue weighted by molar-refractivity contribution is 5.77. The van der Waals surface area contributed by atoms with Crippen LogP contribution in [0.25, 0.3) is 0 Å². The highest BCUT2D eigenvalue weighted by atomic mass is 16.2. The van der Waals surface area contributed by atoms with Crippen molar-refractivity contribution in [3.63, 3.8) is 0 Å². The van der Waals surface area contributed by atoms with Gasteiger partial charge in [-0.25, -0.2) is 0 Å². The van der Waals surface area contributed by atoms with Crippen LogP contribution in [0.4, 0.5) is 0 Å². The third kappa shape index (κ3) is 2.81. The van der Waals surface area contributed by atoms with Crippen LogP contribution in [0.2, 0.25) is 0 Å². The third-order valence-corrected chi connectivity index (χ3v) is 2.40. The number of nitrogens with one attached hydrogen (secondary N) is 1. The van der Waals surface area contributed by atoms with Gasteiger partial charge in [0.2, 0.25) is 5.91 Å². The van der Waals surface area contributed by atoms with E-state index in [1.807, 2.05) is 0 Å². The van der Waals surface area contributed by atoms with Crippen LogP contribution in [0.5, 0.6) is 0 Å². The lowest BCUT2D eigenvalue weighted by Crippen LogP contribution is -2.38. The van der Waals surface area contributed by atoms with Crippen LogP contribution in [0.1, 0.15) is 19.8 Å². The molecule has 0 unspecified atom stereocenters. The van der Waals surface area contributed by atoms with Gasteiger partial charge in [-0.2, -0.15) is 0 Å². The topological polar surface area (TPSA) is 32.3 Å². The van der Waals surface area contributed by atoms with Crippen LogP contribution in [0, 0.1) is 5.92 Å². The maximum Gasteiger partial charge on any atom is 0.236 e. The Labute approximate surface area is 74.1 Å². The average molecular weight is 170 g/mol. The Balaban J connectivity index is 2.11. The van der Waals surface area contributed by atoms with E-state index in [1.54, 1.807) is 19.0 Å². The van der Waals surface area contributed by atoms with Crippen molar-refractivity contribution in [2.45, 2.75) is 25.8 Å². The Morgan fingerprint density at radius 1 is 1.58 bits per heavy atom. The third-order valence-electron chi connectivity index (χ3n) is 2.40. The predicted molar refractivity (Wildman–Crippen MR) is 48.9 cm³/mol.